The van der Waals surface area contributed by atoms with Crippen LogP contribution in [0.3, 0.4) is 0 Å². The lowest BCUT2D eigenvalue weighted by Gasteiger charge is -2.19. The van der Waals surface area contributed by atoms with Gasteiger partial charge in [0.05, 0.1) is 21.3 Å². The minimum absolute atomic E-state index is 0.137. The lowest BCUT2D eigenvalue weighted by Crippen LogP contribution is -2.07. The number of rotatable bonds is 6. The molecule has 0 aliphatic heterocycles. The molecule has 108 valence electrons. The number of benzene rings is 1. The molecular formula is C15H19NO3S. The average Bonchev–Trinajstić information content (AvgIpc) is 2.98. The van der Waals surface area contributed by atoms with Gasteiger partial charge in [-0.15, -0.1) is 0 Å². The largest absolute Gasteiger partial charge is 0.493 e. The first-order valence-electron chi connectivity index (χ1n) is 6.28. The summed E-state index contributed by atoms with van der Waals surface area (Å²) < 4.78 is 16.1. The molecule has 4 nitrogen and oxygen atoms in total. The van der Waals surface area contributed by atoms with Gasteiger partial charge in [0.2, 0.25) is 5.75 Å². The van der Waals surface area contributed by atoms with Crippen LogP contribution in [-0.2, 0) is 0 Å². The molecular weight excluding hydrogens is 274 g/mol. The number of ether oxygens (including phenoxy) is 3. The molecule has 0 saturated carbocycles. The zero-order chi connectivity index (χ0) is 14.5. The van der Waals surface area contributed by atoms with Crippen LogP contribution in [0.2, 0.25) is 0 Å². The fourth-order valence-electron chi connectivity index (χ4n) is 2.03. The summed E-state index contributed by atoms with van der Waals surface area (Å²) in [4.78, 5) is 0. The molecule has 0 fully saturated rings. The molecule has 1 N–H and O–H groups in total. The maximum absolute atomic E-state index is 5.37. The number of methoxy groups -OCH3 is 3. The molecule has 1 aromatic heterocycles. The summed E-state index contributed by atoms with van der Waals surface area (Å²) in [6, 6.07) is 6.12. The number of hydrogen-bond acceptors (Lipinski definition) is 5. The smallest absolute Gasteiger partial charge is 0.203 e. The van der Waals surface area contributed by atoms with Crippen LogP contribution in [0, 0.1) is 0 Å². The van der Waals surface area contributed by atoms with Gasteiger partial charge in [-0.3, -0.25) is 0 Å². The molecule has 0 radical (unpaired) electrons. The number of anilines is 1. The molecule has 2 aromatic rings. The number of nitrogens with one attached hydrogen (secondary N) is 1. The Kier molecular flexibility index (Phi) is 4.74. The molecule has 1 aromatic carbocycles. The Bertz CT molecular complexity index is 529. The molecule has 0 aliphatic rings. The first-order chi connectivity index (χ1) is 9.69. The maximum Gasteiger partial charge on any atom is 0.203 e. The van der Waals surface area contributed by atoms with Gasteiger partial charge in [-0.1, -0.05) is 0 Å². The van der Waals surface area contributed by atoms with Crippen LogP contribution in [0.1, 0.15) is 18.5 Å². The van der Waals surface area contributed by atoms with Crippen LogP contribution < -0.4 is 19.5 Å². The Balaban J connectivity index is 2.31. The topological polar surface area (TPSA) is 39.7 Å². The highest BCUT2D eigenvalue weighted by Gasteiger charge is 2.16. The predicted octanol–water partition coefficient (Wildman–Crippen LogP) is 3.95. The summed E-state index contributed by atoms with van der Waals surface area (Å²) >= 11 is 1.67. The van der Waals surface area contributed by atoms with Crippen molar-refractivity contribution in [3.63, 3.8) is 0 Å². The Hall–Kier alpha value is -1.88. The highest BCUT2D eigenvalue weighted by molar-refractivity contribution is 7.08. The van der Waals surface area contributed by atoms with Gasteiger partial charge in [0.25, 0.3) is 0 Å². The summed E-state index contributed by atoms with van der Waals surface area (Å²) in [6.45, 7) is 2.10. The van der Waals surface area contributed by atoms with Gasteiger partial charge >= 0.3 is 0 Å². The standard InChI is InChI=1S/C15H19NO3S/c1-10(16-12-5-6-20-9-12)11-7-13(17-2)15(19-4)14(8-11)18-3/h5-10,16H,1-4H3. The monoisotopic (exact) mass is 293 g/mol. The van der Waals surface area contributed by atoms with Crippen molar-refractivity contribution in [2.45, 2.75) is 13.0 Å². The van der Waals surface area contributed by atoms with Crippen molar-refractivity contribution in [2.24, 2.45) is 0 Å². The van der Waals surface area contributed by atoms with Crippen molar-refractivity contribution >= 4 is 17.0 Å². The summed E-state index contributed by atoms with van der Waals surface area (Å²) in [7, 11) is 4.85. The lowest BCUT2D eigenvalue weighted by molar-refractivity contribution is 0.323. The molecule has 0 amide bonds. The molecule has 1 heterocycles. The van der Waals surface area contributed by atoms with Gasteiger partial charge in [0, 0.05) is 17.1 Å². The molecule has 1 unspecified atom stereocenters. The van der Waals surface area contributed by atoms with Gasteiger partial charge < -0.3 is 19.5 Å². The van der Waals surface area contributed by atoms with Gasteiger partial charge in [-0.25, -0.2) is 0 Å². The van der Waals surface area contributed by atoms with Crippen molar-refractivity contribution in [2.75, 3.05) is 26.6 Å². The third kappa shape index (κ3) is 2.99. The van der Waals surface area contributed by atoms with E-state index in [2.05, 4.69) is 23.7 Å². The molecule has 5 heteroatoms. The quantitative estimate of drug-likeness (QED) is 0.875. The van der Waals surface area contributed by atoms with E-state index in [9.17, 15) is 0 Å². The number of hydrogen-bond donors (Lipinski definition) is 1. The zero-order valence-electron chi connectivity index (χ0n) is 12.1. The summed E-state index contributed by atoms with van der Waals surface area (Å²) in [5.41, 5.74) is 2.18. The second-order valence-corrected chi connectivity index (χ2v) is 5.12. The van der Waals surface area contributed by atoms with E-state index in [1.807, 2.05) is 17.5 Å². The minimum atomic E-state index is 0.137. The van der Waals surface area contributed by atoms with E-state index in [0.29, 0.717) is 17.2 Å². The Morgan fingerprint density at radius 2 is 1.70 bits per heavy atom. The lowest BCUT2D eigenvalue weighted by atomic mass is 10.1. The molecule has 2 rings (SSSR count). The number of thiophene rings is 1. The van der Waals surface area contributed by atoms with Gasteiger partial charge in [-0.05, 0) is 36.1 Å². The van der Waals surface area contributed by atoms with E-state index >= 15 is 0 Å². The summed E-state index contributed by atoms with van der Waals surface area (Å²) in [6.07, 6.45) is 0. The molecule has 0 spiro atoms. The first kappa shape index (κ1) is 14.5. The van der Waals surface area contributed by atoms with E-state index < -0.39 is 0 Å². The Labute approximate surface area is 123 Å². The normalized spacial score (nSPS) is 11.8. The van der Waals surface area contributed by atoms with Crippen molar-refractivity contribution in [3.8, 4) is 17.2 Å². The van der Waals surface area contributed by atoms with Crippen LogP contribution >= 0.6 is 11.3 Å². The van der Waals surface area contributed by atoms with E-state index in [1.165, 1.54) is 0 Å². The van der Waals surface area contributed by atoms with Gasteiger partial charge in [0.1, 0.15) is 0 Å². The molecule has 0 aliphatic carbocycles. The summed E-state index contributed by atoms with van der Waals surface area (Å²) in [5, 5.41) is 7.56. The van der Waals surface area contributed by atoms with E-state index in [0.717, 1.165) is 11.3 Å². The second kappa shape index (κ2) is 6.52. The van der Waals surface area contributed by atoms with Crippen LogP contribution in [-0.4, -0.2) is 21.3 Å². The van der Waals surface area contributed by atoms with Crippen molar-refractivity contribution in [3.05, 3.63) is 34.5 Å². The van der Waals surface area contributed by atoms with Crippen LogP contribution in [0.15, 0.2) is 29.0 Å². The third-order valence-electron chi connectivity index (χ3n) is 3.09. The van der Waals surface area contributed by atoms with Crippen molar-refractivity contribution < 1.29 is 14.2 Å². The second-order valence-electron chi connectivity index (χ2n) is 4.34. The first-order valence-corrected chi connectivity index (χ1v) is 7.22. The van der Waals surface area contributed by atoms with E-state index in [1.54, 1.807) is 32.7 Å². The molecule has 1 atom stereocenters. The Morgan fingerprint density at radius 1 is 1.05 bits per heavy atom. The minimum Gasteiger partial charge on any atom is -0.493 e. The molecule has 0 saturated heterocycles. The average molecular weight is 293 g/mol. The predicted molar refractivity (Wildman–Crippen MR) is 82.5 cm³/mol. The fourth-order valence-corrected chi connectivity index (χ4v) is 2.63. The van der Waals surface area contributed by atoms with Crippen LogP contribution in [0.5, 0.6) is 17.2 Å². The van der Waals surface area contributed by atoms with Crippen molar-refractivity contribution in [1.29, 1.82) is 0 Å². The van der Waals surface area contributed by atoms with Gasteiger partial charge in [0.15, 0.2) is 11.5 Å². The van der Waals surface area contributed by atoms with Gasteiger partial charge in [-0.2, -0.15) is 11.3 Å². The highest BCUT2D eigenvalue weighted by atomic mass is 32.1. The zero-order valence-corrected chi connectivity index (χ0v) is 12.9. The third-order valence-corrected chi connectivity index (χ3v) is 3.77. The SMILES string of the molecule is COc1cc(C(C)Nc2ccsc2)cc(OC)c1OC. The van der Waals surface area contributed by atoms with Crippen LogP contribution in [0.25, 0.3) is 0 Å². The van der Waals surface area contributed by atoms with Crippen LogP contribution in [0.4, 0.5) is 5.69 Å². The fraction of sp³-hybridized carbons (Fsp3) is 0.333. The van der Waals surface area contributed by atoms with E-state index in [4.69, 9.17) is 14.2 Å². The Morgan fingerprint density at radius 3 is 2.15 bits per heavy atom. The van der Waals surface area contributed by atoms with E-state index in [-0.39, 0.29) is 6.04 Å². The molecule has 20 heavy (non-hydrogen) atoms. The molecule has 0 bridgehead atoms. The summed E-state index contributed by atoms with van der Waals surface area (Å²) in [5.74, 6) is 1.95. The maximum atomic E-state index is 5.37. The van der Waals surface area contributed by atoms with Crippen molar-refractivity contribution in [1.82, 2.24) is 0 Å². The highest BCUT2D eigenvalue weighted by Crippen LogP contribution is 2.40.